The van der Waals surface area contributed by atoms with Gasteiger partial charge in [-0.1, -0.05) is 380 Å². The third-order valence-electron chi connectivity index (χ3n) is 17.6. The van der Waals surface area contributed by atoms with Crippen molar-refractivity contribution in [3.05, 3.63) is 0 Å². The molecule has 2 unspecified atom stereocenters. The highest BCUT2D eigenvalue weighted by atomic mass is 16.7. The van der Waals surface area contributed by atoms with Crippen LogP contribution in [-0.2, 0) is 33.3 Å². The molecule has 0 N–H and O–H groups in total. The lowest BCUT2D eigenvalue weighted by Crippen LogP contribution is -2.44. The van der Waals surface area contributed by atoms with Gasteiger partial charge in [-0.3, -0.25) is 9.59 Å². The average Bonchev–Trinajstić information content (AvgIpc) is 3.51. The highest BCUT2D eigenvalue weighted by Crippen LogP contribution is 2.20. The predicted octanol–water partition coefficient (Wildman–Crippen LogP) is 22.1. The van der Waals surface area contributed by atoms with Gasteiger partial charge in [0.1, 0.15) is 13.2 Å². The van der Waals surface area contributed by atoms with Crippen molar-refractivity contribution in [2.24, 2.45) is 0 Å². The molecule has 0 spiro atoms. The van der Waals surface area contributed by atoms with E-state index in [2.05, 4.69) is 13.8 Å². The third-order valence-corrected chi connectivity index (χ3v) is 17.6. The van der Waals surface area contributed by atoms with Crippen LogP contribution >= 0.6 is 0 Å². The van der Waals surface area contributed by atoms with Gasteiger partial charge in [-0.15, -0.1) is 0 Å². The van der Waals surface area contributed by atoms with Gasteiger partial charge in [-0.25, -0.2) is 0 Å². The van der Waals surface area contributed by atoms with E-state index in [0.717, 1.165) is 38.5 Å². The van der Waals surface area contributed by atoms with Crippen LogP contribution in [0.3, 0.4) is 0 Å². The van der Waals surface area contributed by atoms with Gasteiger partial charge in [0.15, 0.2) is 12.4 Å². The highest BCUT2D eigenvalue weighted by Gasteiger charge is 2.22. The molecule has 0 saturated carbocycles. The van der Waals surface area contributed by atoms with Crippen LogP contribution in [-0.4, -0.2) is 82.3 Å². The zero-order valence-corrected chi connectivity index (χ0v) is 57.3. The van der Waals surface area contributed by atoms with Gasteiger partial charge in [0.2, 0.25) is 0 Å². The smallest absolute Gasteiger partial charge is 0.306 e. The molecular formula is C75H147NO8. The van der Waals surface area contributed by atoms with E-state index in [1.54, 1.807) is 0 Å². The molecule has 0 aliphatic heterocycles. The number of unbranched alkanes of at least 4 members (excludes halogenated alkanes) is 57. The molecule has 0 amide bonds. The Morgan fingerprint density at radius 2 is 0.536 bits per heavy atom. The molecule has 2 atom stereocenters. The molecule has 0 saturated heterocycles. The van der Waals surface area contributed by atoms with Gasteiger partial charge in [0.05, 0.1) is 40.3 Å². The van der Waals surface area contributed by atoms with E-state index in [9.17, 15) is 19.5 Å². The van der Waals surface area contributed by atoms with Crippen LogP contribution in [0.1, 0.15) is 406 Å². The molecule has 0 radical (unpaired) electrons. The largest absolute Gasteiger partial charge is 0.545 e. The van der Waals surface area contributed by atoms with E-state index in [1.807, 2.05) is 21.1 Å². The lowest BCUT2D eigenvalue weighted by molar-refractivity contribution is -0.870. The fourth-order valence-corrected chi connectivity index (χ4v) is 11.8. The Bertz CT molecular complexity index is 1340. The van der Waals surface area contributed by atoms with Crippen LogP contribution in [0.2, 0.25) is 0 Å². The van der Waals surface area contributed by atoms with Crippen molar-refractivity contribution in [1.29, 1.82) is 0 Å². The molecule has 0 aliphatic carbocycles. The summed E-state index contributed by atoms with van der Waals surface area (Å²) in [5.41, 5.74) is 0. The molecular weight excluding hydrogens is 1040 g/mol. The van der Waals surface area contributed by atoms with Crippen LogP contribution in [0.25, 0.3) is 0 Å². The number of carboxylic acids is 1. The van der Waals surface area contributed by atoms with E-state index < -0.39 is 24.3 Å². The Labute approximate surface area is 523 Å². The maximum Gasteiger partial charge on any atom is 0.306 e. The van der Waals surface area contributed by atoms with Crippen molar-refractivity contribution in [3.8, 4) is 0 Å². The second-order valence-corrected chi connectivity index (χ2v) is 27.3. The van der Waals surface area contributed by atoms with E-state index in [1.165, 1.54) is 340 Å². The molecule has 500 valence electrons. The standard InChI is InChI=1S/C75H147NO8/c1-6-8-10-12-14-16-18-20-22-24-26-28-30-32-34-35-36-37-38-39-40-42-44-46-48-50-52-54-56-58-60-62-64-66-73(78)84-71(70-83-75(74(79)80)81-68-67-76(3,4)5)69-82-72(77)65-63-61-59-57-55-53-51-49-47-45-43-41-33-31-29-27-25-23-21-19-17-15-13-11-9-7-2/h71,75H,6-70H2,1-5H3. The Morgan fingerprint density at radius 1 is 0.310 bits per heavy atom. The lowest BCUT2D eigenvalue weighted by atomic mass is 10.0. The van der Waals surface area contributed by atoms with Crippen LogP contribution < -0.4 is 5.11 Å². The van der Waals surface area contributed by atoms with Crippen LogP contribution in [0.15, 0.2) is 0 Å². The molecule has 0 bridgehead atoms. The van der Waals surface area contributed by atoms with Crippen molar-refractivity contribution in [1.82, 2.24) is 0 Å². The average molecular weight is 1190 g/mol. The quantitative estimate of drug-likeness (QED) is 0.0256. The summed E-state index contributed by atoms with van der Waals surface area (Å²) in [6, 6.07) is 0. The SMILES string of the molecule is CCCCCCCCCCCCCCCCCCCCCCCCCCCCCCCCCCCC(=O)OC(COC(=O)CCCCCCCCCCCCCCCCCCCCCCCCCCCC)COC(OCC[N+](C)(C)C)C(=O)[O-]. The minimum atomic E-state index is -1.62. The number of carboxylic acid groups (broad SMARTS) is 1. The van der Waals surface area contributed by atoms with Gasteiger partial charge in [-0.05, 0) is 12.8 Å². The van der Waals surface area contributed by atoms with Crippen molar-refractivity contribution >= 4 is 17.9 Å². The number of esters is 2. The minimum absolute atomic E-state index is 0.154. The Kier molecular flexibility index (Phi) is 65.9. The fraction of sp³-hybridized carbons (Fsp3) is 0.960. The molecule has 0 aliphatic rings. The molecule has 0 aromatic carbocycles. The van der Waals surface area contributed by atoms with Crippen LogP contribution in [0, 0.1) is 0 Å². The number of quaternary nitrogens is 1. The van der Waals surface area contributed by atoms with Gasteiger partial charge in [0.25, 0.3) is 0 Å². The van der Waals surface area contributed by atoms with Crippen molar-refractivity contribution < 1.29 is 42.9 Å². The van der Waals surface area contributed by atoms with E-state index in [0.29, 0.717) is 17.4 Å². The first-order chi connectivity index (χ1) is 41.1. The lowest BCUT2D eigenvalue weighted by Gasteiger charge is -2.26. The van der Waals surface area contributed by atoms with Crippen LogP contribution in [0.4, 0.5) is 0 Å². The van der Waals surface area contributed by atoms with Crippen molar-refractivity contribution in [2.75, 3.05) is 47.5 Å². The second-order valence-electron chi connectivity index (χ2n) is 27.3. The molecule has 9 nitrogen and oxygen atoms in total. The number of carbonyl (C=O) groups excluding carboxylic acids is 3. The summed E-state index contributed by atoms with van der Waals surface area (Å²) in [7, 11) is 5.95. The van der Waals surface area contributed by atoms with Gasteiger partial charge in [0, 0.05) is 12.8 Å². The molecule has 0 rings (SSSR count). The van der Waals surface area contributed by atoms with Crippen molar-refractivity contribution in [2.45, 2.75) is 418 Å². The first-order valence-electron chi connectivity index (χ1n) is 37.7. The van der Waals surface area contributed by atoms with E-state index in [-0.39, 0.29) is 32.2 Å². The van der Waals surface area contributed by atoms with Crippen LogP contribution in [0.5, 0.6) is 0 Å². The normalized spacial score (nSPS) is 12.5. The first-order valence-corrected chi connectivity index (χ1v) is 37.7. The van der Waals surface area contributed by atoms with Gasteiger partial charge < -0.3 is 33.3 Å². The number of hydrogen-bond donors (Lipinski definition) is 0. The topological polar surface area (TPSA) is 111 Å². The molecule has 9 heteroatoms. The molecule has 0 aromatic heterocycles. The number of ether oxygens (including phenoxy) is 4. The van der Waals surface area contributed by atoms with Gasteiger partial charge >= 0.3 is 11.9 Å². The summed E-state index contributed by atoms with van der Waals surface area (Å²) < 4.78 is 22.9. The second kappa shape index (κ2) is 67.2. The molecule has 84 heavy (non-hydrogen) atoms. The fourth-order valence-electron chi connectivity index (χ4n) is 11.8. The summed E-state index contributed by atoms with van der Waals surface area (Å²) in [5.74, 6) is -2.24. The zero-order chi connectivity index (χ0) is 61.2. The summed E-state index contributed by atoms with van der Waals surface area (Å²) in [5, 5.41) is 11.8. The third kappa shape index (κ3) is 67.8. The predicted molar refractivity (Wildman–Crippen MR) is 357 cm³/mol. The Balaban J connectivity index is 3.98. The maximum atomic E-state index is 12.9. The van der Waals surface area contributed by atoms with E-state index in [4.69, 9.17) is 18.9 Å². The zero-order valence-electron chi connectivity index (χ0n) is 57.3. The monoisotopic (exact) mass is 1190 g/mol. The van der Waals surface area contributed by atoms with Crippen molar-refractivity contribution in [3.63, 3.8) is 0 Å². The number of nitrogens with zero attached hydrogens (tertiary/aromatic N) is 1. The number of rotatable bonds is 72. The summed E-state index contributed by atoms with van der Waals surface area (Å²) in [6.45, 7) is 4.85. The maximum absolute atomic E-state index is 12.9. The number of aliphatic carboxylic acids is 1. The Hall–Kier alpha value is -1.71. The van der Waals surface area contributed by atoms with E-state index >= 15 is 0 Å². The summed E-state index contributed by atoms with van der Waals surface area (Å²) >= 11 is 0. The highest BCUT2D eigenvalue weighted by molar-refractivity contribution is 5.70. The number of likely N-dealkylation sites (N-methyl/N-ethyl adjacent to an activating group) is 1. The Morgan fingerprint density at radius 3 is 0.762 bits per heavy atom. The summed E-state index contributed by atoms with van der Waals surface area (Å²) in [4.78, 5) is 37.5. The number of carbonyl (C=O) groups is 3. The molecule has 0 fully saturated rings. The minimum Gasteiger partial charge on any atom is -0.545 e. The molecule has 0 aromatic rings. The molecule has 0 heterocycles. The first kappa shape index (κ1) is 82.3. The van der Waals surface area contributed by atoms with Gasteiger partial charge in [-0.2, -0.15) is 0 Å². The number of hydrogen-bond acceptors (Lipinski definition) is 8. The summed E-state index contributed by atoms with van der Waals surface area (Å²) in [6.07, 6.45) is 77.9.